The van der Waals surface area contributed by atoms with Gasteiger partial charge in [0, 0.05) is 64.1 Å². The van der Waals surface area contributed by atoms with Gasteiger partial charge in [-0.2, -0.15) is 10.5 Å². The highest BCUT2D eigenvalue weighted by Crippen LogP contribution is 2.31. The number of nitrogens with one attached hydrogen (secondary N) is 2. The molecular formula is C42H50F2N12O4. The van der Waals surface area contributed by atoms with E-state index in [-0.39, 0.29) is 37.1 Å². The van der Waals surface area contributed by atoms with Crippen LogP contribution in [0.15, 0.2) is 49.1 Å². The number of anilines is 2. The van der Waals surface area contributed by atoms with Crippen molar-refractivity contribution in [3.63, 3.8) is 0 Å². The number of nitrogens with zero attached hydrogens (tertiary/aromatic N) is 10. The molecule has 0 radical (unpaired) electrons. The summed E-state index contributed by atoms with van der Waals surface area (Å²) in [4.78, 5) is 50.8. The smallest absolute Gasteiger partial charge is 0.251 e. The number of hydrogen-bond acceptors (Lipinski definition) is 14. The number of aromatic nitrogens is 4. The van der Waals surface area contributed by atoms with Crippen LogP contribution in [0.2, 0.25) is 0 Å². The van der Waals surface area contributed by atoms with Crippen LogP contribution in [0.3, 0.4) is 0 Å². The lowest BCUT2D eigenvalue weighted by Crippen LogP contribution is -2.54. The number of fused-ring (bicyclic) bond motifs is 2. The van der Waals surface area contributed by atoms with Crippen molar-refractivity contribution in [2.75, 3.05) is 89.3 Å². The van der Waals surface area contributed by atoms with Crippen molar-refractivity contribution in [1.29, 1.82) is 10.5 Å². The van der Waals surface area contributed by atoms with E-state index in [0.717, 1.165) is 11.4 Å². The van der Waals surface area contributed by atoms with E-state index in [1.165, 1.54) is 0 Å². The van der Waals surface area contributed by atoms with Crippen molar-refractivity contribution in [2.24, 2.45) is 0 Å². The van der Waals surface area contributed by atoms with Crippen molar-refractivity contribution >= 4 is 45.3 Å². The summed E-state index contributed by atoms with van der Waals surface area (Å²) < 4.78 is 41.3. The third kappa shape index (κ3) is 9.53. The molecule has 4 unspecified atom stereocenters. The predicted octanol–water partition coefficient (Wildman–Crippen LogP) is 2.51. The molecule has 0 bridgehead atoms. The van der Waals surface area contributed by atoms with E-state index < -0.39 is 23.5 Å². The number of alkyl halides is 2. The van der Waals surface area contributed by atoms with Gasteiger partial charge in [0.05, 0.1) is 60.9 Å². The SMILES string of the molecule is CC1CN(c2ccc(C#N)c3nccnc23)CC(C(=O)NC[C@@]2(F)CCN(C)C2)O1.CC1CN(c2ccc(C#N)c3nccnc23)CC(C(=O)NC[C@@]2(F)CCN(C)C2)O1. The molecular weight excluding hydrogens is 775 g/mol. The Balaban J connectivity index is 0.000000181. The van der Waals surface area contributed by atoms with Crippen molar-refractivity contribution < 1.29 is 27.8 Å². The van der Waals surface area contributed by atoms with Gasteiger partial charge in [-0.15, -0.1) is 0 Å². The molecule has 18 heteroatoms. The van der Waals surface area contributed by atoms with Crippen LogP contribution in [0.5, 0.6) is 0 Å². The Labute approximate surface area is 347 Å². The standard InChI is InChI=1S/2C21H25FN6O2/c2*1-14-10-28(16-4-3-15(9-23)18-19(16)25-7-6-24-18)11-17(30-14)20(29)26-12-21(22)5-8-27(2)13-21/h2*3-4,6-7,14,17H,5,8,10-13H2,1-2H3,(H,26,29)/t2*14?,17?,21-/m00/s1. The molecule has 60 heavy (non-hydrogen) atoms. The van der Waals surface area contributed by atoms with Crippen LogP contribution >= 0.6 is 0 Å². The summed E-state index contributed by atoms with van der Waals surface area (Å²) >= 11 is 0. The number of rotatable bonds is 8. The highest BCUT2D eigenvalue weighted by Gasteiger charge is 2.40. The molecule has 0 spiro atoms. The van der Waals surface area contributed by atoms with Gasteiger partial charge in [0.25, 0.3) is 11.8 Å². The van der Waals surface area contributed by atoms with Gasteiger partial charge >= 0.3 is 0 Å². The Morgan fingerprint density at radius 3 is 1.42 bits per heavy atom. The number of ether oxygens (including phenoxy) is 2. The average Bonchev–Trinajstić information content (AvgIpc) is 3.79. The van der Waals surface area contributed by atoms with Gasteiger partial charge in [-0.1, -0.05) is 0 Å². The Morgan fingerprint density at radius 2 is 1.07 bits per heavy atom. The molecule has 2 amide bonds. The molecule has 2 aromatic heterocycles. The third-order valence-corrected chi connectivity index (χ3v) is 11.4. The second-order valence-electron chi connectivity index (χ2n) is 16.4. The Hall–Kier alpha value is -5.66. The largest absolute Gasteiger partial charge is 0.364 e. The first-order chi connectivity index (χ1) is 28.8. The van der Waals surface area contributed by atoms with Gasteiger partial charge in [-0.3, -0.25) is 29.5 Å². The monoisotopic (exact) mass is 824 g/mol. The lowest BCUT2D eigenvalue weighted by Gasteiger charge is -2.38. The van der Waals surface area contributed by atoms with Gasteiger partial charge < -0.3 is 39.7 Å². The molecule has 6 atom stereocenters. The van der Waals surface area contributed by atoms with Crippen LogP contribution in [0, 0.1) is 22.7 Å². The minimum Gasteiger partial charge on any atom is -0.364 e. The summed E-state index contributed by atoms with van der Waals surface area (Å²) in [7, 11) is 3.75. The van der Waals surface area contributed by atoms with Crippen molar-refractivity contribution in [3.8, 4) is 12.1 Å². The van der Waals surface area contributed by atoms with Crippen LogP contribution in [0.1, 0.15) is 37.8 Å². The van der Waals surface area contributed by atoms with E-state index in [0.29, 0.717) is 98.4 Å². The molecule has 16 nitrogen and oxygen atoms in total. The first-order valence-corrected chi connectivity index (χ1v) is 20.2. The van der Waals surface area contributed by atoms with Crippen LogP contribution < -0.4 is 20.4 Å². The number of benzene rings is 2. The second-order valence-corrected chi connectivity index (χ2v) is 16.4. The van der Waals surface area contributed by atoms with Crippen LogP contribution in [0.4, 0.5) is 20.2 Å². The zero-order chi connectivity index (χ0) is 42.6. The summed E-state index contributed by atoms with van der Waals surface area (Å²) in [5, 5.41) is 24.2. The molecule has 316 valence electrons. The zero-order valence-corrected chi connectivity index (χ0v) is 34.3. The van der Waals surface area contributed by atoms with Crippen LogP contribution in [-0.2, 0) is 19.1 Å². The van der Waals surface area contributed by atoms with Gasteiger partial charge in [0.1, 0.15) is 45.5 Å². The number of carbonyl (C=O) groups excluding carboxylic acids is 2. The summed E-state index contributed by atoms with van der Waals surface area (Å²) in [5.41, 5.74) is 1.98. The summed E-state index contributed by atoms with van der Waals surface area (Å²) in [5.74, 6) is -0.635. The summed E-state index contributed by atoms with van der Waals surface area (Å²) in [6, 6.07) is 11.4. The highest BCUT2D eigenvalue weighted by molar-refractivity contribution is 5.93. The van der Waals surface area contributed by atoms with E-state index in [4.69, 9.17) is 9.47 Å². The number of carbonyl (C=O) groups is 2. The van der Waals surface area contributed by atoms with Crippen LogP contribution in [0.25, 0.3) is 22.1 Å². The molecule has 4 aliphatic rings. The fourth-order valence-corrected chi connectivity index (χ4v) is 8.44. The highest BCUT2D eigenvalue weighted by atomic mass is 19.1. The van der Waals surface area contributed by atoms with E-state index in [1.54, 1.807) is 36.9 Å². The topological polar surface area (TPSA) is 189 Å². The first kappa shape index (κ1) is 42.5. The summed E-state index contributed by atoms with van der Waals surface area (Å²) in [6.45, 7) is 7.52. The zero-order valence-electron chi connectivity index (χ0n) is 34.3. The van der Waals surface area contributed by atoms with Gasteiger partial charge in [-0.25, -0.2) is 8.78 Å². The molecule has 2 aromatic carbocycles. The first-order valence-electron chi connectivity index (χ1n) is 20.2. The maximum absolute atomic E-state index is 14.8. The van der Waals surface area contributed by atoms with E-state index in [2.05, 4.69) is 42.7 Å². The molecule has 8 rings (SSSR count). The molecule has 6 heterocycles. The number of nitriles is 2. The lowest BCUT2D eigenvalue weighted by molar-refractivity contribution is -0.138. The van der Waals surface area contributed by atoms with Crippen molar-refractivity contribution in [3.05, 3.63) is 60.2 Å². The Kier molecular flexibility index (Phi) is 12.7. The third-order valence-electron chi connectivity index (χ3n) is 11.4. The summed E-state index contributed by atoms with van der Waals surface area (Å²) in [6.07, 6.45) is 5.25. The van der Waals surface area contributed by atoms with Gasteiger partial charge in [0.15, 0.2) is 12.2 Å². The number of likely N-dealkylation sites (tertiary alicyclic amines) is 2. The molecule has 0 saturated carbocycles. The predicted molar refractivity (Wildman–Crippen MR) is 220 cm³/mol. The number of halogens is 2. The molecule has 4 saturated heterocycles. The van der Waals surface area contributed by atoms with Crippen molar-refractivity contribution in [1.82, 2.24) is 40.4 Å². The lowest BCUT2D eigenvalue weighted by atomic mass is 10.1. The molecule has 4 fully saturated rings. The fraction of sp³-hybridized carbons (Fsp3) is 0.524. The van der Waals surface area contributed by atoms with Crippen LogP contribution in [-0.4, -0.2) is 157 Å². The molecule has 4 aliphatic heterocycles. The molecule has 0 aliphatic carbocycles. The normalized spacial score (nSPS) is 27.2. The molecule has 4 aromatic rings. The van der Waals surface area contributed by atoms with Crippen molar-refractivity contribution in [2.45, 2.75) is 62.4 Å². The average molecular weight is 825 g/mol. The fourth-order valence-electron chi connectivity index (χ4n) is 8.44. The minimum absolute atomic E-state index is 0.0182. The Bertz CT molecular complexity index is 2150. The maximum atomic E-state index is 14.8. The number of hydrogen-bond donors (Lipinski definition) is 2. The van der Waals surface area contributed by atoms with E-state index >= 15 is 0 Å². The number of morpholine rings is 2. The van der Waals surface area contributed by atoms with E-state index in [1.807, 2.05) is 59.7 Å². The quantitative estimate of drug-likeness (QED) is 0.264. The second kappa shape index (κ2) is 17.9. The Morgan fingerprint density at radius 1 is 0.683 bits per heavy atom. The van der Waals surface area contributed by atoms with Gasteiger partial charge in [-0.05, 0) is 65.0 Å². The van der Waals surface area contributed by atoms with E-state index in [9.17, 15) is 28.9 Å². The maximum Gasteiger partial charge on any atom is 0.251 e. The number of amides is 2. The minimum atomic E-state index is -1.40. The van der Waals surface area contributed by atoms with Gasteiger partial charge in [0.2, 0.25) is 0 Å². The molecule has 2 N–H and O–H groups in total.